The summed E-state index contributed by atoms with van der Waals surface area (Å²) >= 11 is 17.0. The van der Waals surface area contributed by atoms with E-state index < -0.39 is 63.7 Å². The van der Waals surface area contributed by atoms with Crippen molar-refractivity contribution in [2.24, 2.45) is 11.3 Å². The van der Waals surface area contributed by atoms with Crippen LogP contribution in [0, 0.1) is 11.3 Å². The molecule has 15 heteroatoms. The van der Waals surface area contributed by atoms with Crippen LogP contribution < -0.4 is 16.1 Å². The van der Waals surface area contributed by atoms with Gasteiger partial charge in [-0.25, -0.2) is 5.43 Å². The van der Waals surface area contributed by atoms with Crippen molar-refractivity contribution in [2.75, 3.05) is 26.9 Å². The van der Waals surface area contributed by atoms with Crippen LogP contribution in [0.1, 0.15) is 64.8 Å². The fourth-order valence-electron chi connectivity index (χ4n) is 5.06. The summed E-state index contributed by atoms with van der Waals surface area (Å²) in [5.74, 6) is -2.47. The highest BCUT2D eigenvalue weighted by Crippen LogP contribution is 2.27. The Morgan fingerprint density at radius 3 is 2.42 bits per heavy atom. The van der Waals surface area contributed by atoms with Crippen molar-refractivity contribution in [2.45, 2.75) is 75.5 Å². The van der Waals surface area contributed by atoms with E-state index >= 15 is 0 Å². The summed E-state index contributed by atoms with van der Waals surface area (Å²) in [5, 5.41) is 17.6. The molecule has 0 aliphatic carbocycles. The molecular formula is C33H44Cl3N5O7. The average Bonchev–Trinajstić information content (AvgIpc) is 3.03. The Kier molecular flexibility index (Phi) is 14.0. The number of alkyl halides is 3. The van der Waals surface area contributed by atoms with Crippen LogP contribution in [0.15, 0.2) is 36.4 Å². The molecule has 0 spiro atoms. The molecule has 1 saturated heterocycles. The van der Waals surface area contributed by atoms with Gasteiger partial charge in [-0.2, -0.15) is 0 Å². The van der Waals surface area contributed by atoms with Crippen molar-refractivity contribution in [1.29, 1.82) is 0 Å². The van der Waals surface area contributed by atoms with Crippen LogP contribution in [0.3, 0.4) is 0 Å². The van der Waals surface area contributed by atoms with Gasteiger partial charge in [-0.05, 0) is 57.2 Å². The van der Waals surface area contributed by atoms with Gasteiger partial charge in [-0.1, -0.05) is 79.0 Å². The predicted molar refractivity (Wildman–Crippen MR) is 185 cm³/mol. The summed E-state index contributed by atoms with van der Waals surface area (Å²) in [7, 11) is 1.48. The number of ether oxygens (including phenoxy) is 2. The molecule has 1 aromatic carbocycles. The number of amides is 3. The van der Waals surface area contributed by atoms with Gasteiger partial charge in [0.05, 0.1) is 29.3 Å². The zero-order valence-electron chi connectivity index (χ0n) is 27.9. The molecule has 3 amide bonds. The second kappa shape index (κ2) is 17.1. The number of benzene rings is 1. The van der Waals surface area contributed by atoms with E-state index in [-0.39, 0.29) is 12.5 Å². The first-order valence-corrected chi connectivity index (χ1v) is 16.8. The number of hydrogen-bond acceptors (Lipinski definition) is 9. The van der Waals surface area contributed by atoms with Crippen LogP contribution in [0.4, 0.5) is 0 Å². The lowest BCUT2D eigenvalue weighted by Gasteiger charge is -2.35. The van der Waals surface area contributed by atoms with Gasteiger partial charge in [-0.15, -0.1) is 0 Å². The third-order valence-corrected chi connectivity index (χ3v) is 8.18. The lowest BCUT2D eigenvalue weighted by Crippen LogP contribution is -2.61. The number of rotatable bonds is 13. The topological polar surface area (TPSA) is 159 Å². The number of hydrazine groups is 1. The van der Waals surface area contributed by atoms with E-state index in [0.29, 0.717) is 30.6 Å². The van der Waals surface area contributed by atoms with Gasteiger partial charge in [0.1, 0.15) is 24.7 Å². The Hall–Kier alpha value is -3.00. The van der Waals surface area contributed by atoms with Crippen LogP contribution >= 0.6 is 34.8 Å². The number of aliphatic hydroxyl groups is 1. The van der Waals surface area contributed by atoms with Gasteiger partial charge in [0.2, 0.25) is 15.6 Å². The average molecular weight is 729 g/mol. The Morgan fingerprint density at radius 1 is 1.10 bits per heavy atom. The lowest BCUT2D eigenvalue weighted by atomic mass is 9.88. The van der Waals surface area contributed by atoms with Gasteiger partial charge < -0.3 is 25.2 Å². The molecule has 1 aromatic heterocycles. The molecule has 0 radical (unpaired) electrons. The minimum Gasteiger partial charge on any atom is -0.460 e. The molecule has 4 N–H and O–H groups in total. The van der Waals surface area contributed by atoms with Crippen molar-refractivity contribution in [3.63, 3.8) is 0 Å². The normalized spacial score (nSPS) is 18.6. The first-order chi connectivity index (χ1) is 22.4. The summed E-state index contributed by atoms with van der Waals surface area (Å²) < 4.78 is 8.66. The number of esters is 1. The number of halogens is 3. The fourth-order valence-corrected chi connectivity index (χ4v) is 5.23. The number of carbonyl (C=O) groups is 4. The third kappa shape index (κ3) is 11.0. The second-order valence-corrected chi connectivity index (χ2v) is 15.0. The van der Waals surface area contributed by atoms with Gasteiger partial charge in [0, 0.05) is 19.0 Å². The maximum atomic E-state index is 13.7. The van der Waals surface area contributed by atoms with Crippen LogP contribution in [-0.2, 0) is 28.7 Å². The van der Waals surface area contributed by atoms with E-state index in [1.165, 1.54) is 19.0 Å². The van der Waals surface area contributed by atoms with Crippen molar-refractivity contribution in [3.05, 3.63) is 47.7 Å². The highest BCUT2D eigenvalue weighted by molar-refractivity contribution is 6.67. The molecule has 1 aliphatic heterocycles. The monoisotopic (exact) mass is 727 g/mol. The predicted octanol–water partition coefficient (Wildman–Crippen LogP) is 4.01. The highest BCUT2D eigenvalue weighted by atomic mass is 35.6. The molecule has 3 rings (SSSR count). The van der Waals surface area contributed by atoms with Crippen molar-refractivity contribution < 1.29 is 33.8 Å². The van der Waals surface area contributed by atoms with Crippen molar-refractivity contribution in [3.8, 4) is 0 Å². The van der Waals surface area contributed by atoms with Crippen LogP contribution in [-0.4, -0.2) is 87.6 Å². The minimum atomic E-state index is -1.77. The van der Waals surface area contributed by atoms with Gasteiger partial charge in [0.25, 0.3) is 5.91 Å². The number of hydrogen-bond donors (Lipinski definition) is 4. The summed E-state index contributed by atoms with van der Waals surface area (Å²) in [6.45, 7) is 8.32. The lowest BCUT2D eigenvalue weighted by molar-refractivity contribution is -0.152. The molecule has 48 heavy (non-hydrogen) atoms. The standard InChI is InChI=1S/C33H44Cl3N5O7/c1-19(2)27(28(43)37-20(3)29(44)41-15-7-8-25(40-41)30(45)48-18-33(34,35)36)39-31(46)32(5,17-47-6)14-13-22-9-10-23-11-12-24(21(4)42)38-26(23)16-22/h9-14,16,19-21,25,27,40,42H,7-8,15,17-18H2,1-6H3,(H,37,43)(H,39,46)/b14-13+/t20-,21+,25-,27?,32+/m0/s1. The van der Waals surface area contributed by atoms with E-state index in [4.69, 9.17) is 44.3 Å². The molecule has 2 aromatic rings. The number of methoxy groups -OCH3 is 1. The maximum Gasteiger partial charge on any atom is 0.325 e. The number of pyridine rings is 1. The van der Waals surface area contributed by atoms with E-state index in [9.17, 15) is 24.3 Å². The molecule has 0 saturated carbocycles. The Morgan fingerprint density at radius 2 is 1.79 bits per heavy atom. The van der Waals surface area contributed by atoms with Crippen LogP contribution in [0.2, 0.25) is 0 Å². The molecule has 12 nitrogen and oxygen atoms in total. The second-order valence-electron chi connectivity index (χ2n) is 12.5. The van der Waals surface area contributed by atoms with E-state index in [2.05, 4.69) is 21.0 Å². The Balaban J connectivity index is 1.68. The third-order valence-electron chi connectivity index (χ3n) is 7.85. The Labute approximate surface area is 295 Å². The van der Waals surface area contributed by atoms with Crippen molar-refractivity contribution >= 4 is 75.5 Å². The van der Waals surface area contributed by atoms with E-state index in [1.54, 1.807) is 45.9 Å². The zero-order valence-corrected chi connectivity index (χ0v) is 30.2. The first kappa shape index (κ1) is 39.4. The summed E-state index contributed by atoms with van der Waals surface area (Å²) in [6, 6.07) is 6.52. The van der Waals surface area contributed by atoms with Gasteiger partial charge >= 0.3 is 5.97 Å². The molecule has 264 valence electrons. The number of aromatic nitrogens is 1. The molecule has 1 fully saturated rings. The Bertz CT molecular complexity index is 1500. The van der Waals surface area contributed by atoms with Crippen LogP contribution in [0.5, 0.6) is 0 Å². The minimum absolute atomic E-state index is 0.0283. The number of nitrogens with zero attached hydrogens (tertiary/aromatic N) is 2. The maximum absolute atomic E-state index is 13.7. The number of nitrogens with one attached hydrogen (secondary N) is 3. The fraction of sp³-hybridized carbons (Fsp3) is 0.545. The molecule has 1 aliphatic rings. The summed E-state index contributed by atoms with van der Waals surface area (Å²) in [6.07, 6.45) is 3.69. The van der Waals surface area contributed by atoms with E-state index in [1.807, 2.05) is 24.3 Å². The molecular weight excluding hydrogens is 685 g/mol. The van der Waals surface area contributed by atoms with Crippen molar-refractivity contribution in [1.82, 2.24) is 26.1 Å². The van der Waals surface area contributed by atoms with Crippen LogP contribution in [0.25, 0.3) is 17.0 Å². The quantitative estimate of drug-likeness (QED) is 0.177. The van der Waals surface area contributed by atoms with Gasteiger partial charge in [0.15, 0.2) is 0 Å². The summed E-state index contributed by atoms with van der Waals surface area (Å²) in [5.41, 5.74) is 3.70. The number of aliphatic hydroxyl groups excluding tert-OH is 1. The summed E-state index contributed by atoms with van der Waals surface area (Å²) in [4.78, 5) is 57.3. The SMILES string of the molecule is COC[C@@](C)(/C=C/c1ccc2ccc([C@@H](C)O)nc2c1)C(=O)NC(C(=O)N[C@@H](C)C(=O)N1CCC[C@@H](C(=O)OCC(Cl)(Cl)Cl)N1)C(C)C. The zero-order chi connectivity index (χ0) is 35.8. The molecule has 1 unspecified atom stereocenters. The largest absolute Gasteiger partial charge is 0.460 e. The molecule has 2 heterocycles. The number of carbonyl (C=O) groups excluding carboxylic acids is 4. The van der Waals surface area contributed by atoms with Gasteiger partial charge in [-0.3, -0.25) is 29.2 Å². The first-order valence-electron chi connectivity index (χ1n) is 15.6. The number of fused-ring (bicyclic) bond motifs is 1. The smallest absolute Gasteiger partial charge is 0.325 e. The molecule has 0 bridgehead atoms. The highest BCUT2D eigenvalue weighted by Gasteiger charge is 2.37. The molecule has 5 atom stereocenters. The van der Waals surface area contributed by atoms with E-state index in [0.717, 1.165) is 10.9 Å².